The van der Waals surface area contributed by atoms with E-state index >= 15 is 0 Å². The number of hydrogen-bond donors (Lipinski definition) is 4. The summed E-state index contributed by atoms with van der Waals surface area (Å²) in [5.41, 5.74) is 2.09. The molecule has 182 valence electrons. The zero-order valence-electron chi connectivity index (χ0n) is 19.0. The predicted octanol–water partition coefficient (Wildman–Crippen LogP) is 0.731. The Morgan fingerprint density at radius 1 is 1.11 bits per heavy atom. The van der Waals surface area contributed by atoms with Crippen LogP contribution in [0, 0.1) is 0 Å². The van der Waals surface area contributed by atoms with Gasteiger partial charge >= 0.3 is 5.69 Å². The van der Waals surface area contributed by atoms with Crippen LogP contribution in [-0.4, -0.2) is 52.9 Å². The van der Waals surface area contributed by atoms with Crippen molar-refractivity contribution in [2.75, 3.05) is 12.0 Å². The molecule has 12 nitrogen and oxygen atoms in total. The van der Waals surface area contributed by atoms with Crippen LogP contribution in [0.5, 0.6) is 17.2 Å². The minimum Gasteiger partial charge on any atom is -0.508 e. The average molecular weight is 480 g/mol. The van der Waals surface area contributed by atoms with Crippen LogP contribution in [0.4, 0.5) is 5.95 Å². The summed E-state index contributed by atoms with van der Waals surface area (Å²) in [6.07, 6.45) is 0.269. The summed E-state index contributed by atoms with van der Waals surface area (Å²) in [6, 6.07) is 13.0. The number of nitrogens with one attached hydrogen (secondary N) is 1. The lowest BCUT2D eigenvalue weighted by atomic mass is 10.2. The number of aromatic nitrogens is 4. The molecule has 0 fully saturated rings. The molecule has 0 saturated carbocycles. The molecule has 0 aliphatic rings. The highest BCUT2D eigenvalue weighted by Gasteiger charge is 2.21. The number of aliphatic hydroxyl groups excluding tert-OH is 1. The van der Waals surface area contributed by atoms with Crippen LogP contribution < -0.4 is 21.4 Å². The van der Waals surface area contributed by atoms with Gasteiger partial charge in [0.25, 0.3) is 5.56 Å². The lowest BCUT2D eigenvalue weighted by Crippen LogP contribution is -2.38. The summed E-state index contributed by atoms with van der Waals surface area (Å²) < 4.78 is 9.20. The number of phenolic OH excluding ortho intramolecular Hbond substituents is 2. The van der Waals surface area contributed by atoms with E-state index in [2.05, 4.69) is 15.5 Å². The molecule has 2 heterocycles. The van der Waals surface area contributed by atoms with E-state index in [1.54, 1.807) is 24.3 Å². The minimum absolute atomic E-state index is 0.0557. The molecule has 4 rings (SSSR count). The highest BCUT2D eigenvalue weighted by Crippen LogP contribution is 2.21. The molecule has 0 aliphatic heterocycles. The Kier molecular flexibility index (Phi) is 6.55. The fourth-order valence-electron chi connectivity index (χ4n) is 3.48. The molecule has 4 aromatic rings. The molecule has 0 spiro atoms. The number of aliphatic hydroxyl groups is 1. The van der Waals surface area contributed by atoms with Crippen molar-refractivity contribution in [3.63, 3.8) is 0 Å². The maximum Gasteiger partial charge on any atom is 0.332 e. The predicted molar refractivity (Wildman–Crippen MR) is 129 cm³/mol. The van der Waals surface area contributed by atoms with E-state index in [0.29, 0.717) is 11.3 Å². The number of anilines is 1. The number of imidazole rings is 1. The van der Waals surface area contributed by atoms with Crippen LogP contribution in [0.15, 0.2) is 63.2 Å². The van der Waals surface area contributed by atoms with Gasteiger partial charge in [-0.1, -0.05) is 18.2 Å². The van der Waals surface area contributed by atoms with E-state index in [9.17, 15) is 24.9 Å². The van der Waals surface area contributed by atoms with Gasteiger partial charge in [-0.15, -0.1) is 0 Å². The van der Waals surface area contributed by atoms with Gasteiger partial charge < -0.3 is 24.6 Å². The molecule has 2 aromatic carbocycles. The van der Waals surface area contributed by atoms with Crippen molar-refractivity contribution in [3.05, 3.63) is 74.9 Å². The number of fused-ring (bicyclic) bond motifs is 1. The highest BCUT2D eigenvalue weighted by molar-refractivity contribution is 5.84. The zero-order chi connectivity index (χ0) is 25.1. The van der Waals surface area contributed by atoms with Crippen molar-refractivity contribution in [1.82, 2.24) is 18.7 Å². The average Bonchev–Trinajstić information content (AvgIpc) is 3.20. The molecule has 35 heavy (non-hydrogen) atoms. The topological polar surface area (TPSA) is 156 Å². The fraction of sp³-hybridized carbons (Fsp3) is 0.217. The third-order valence-corrected chi connectivity index (χ3v) is 5.31. The Bertz CT molecular complexity index is 1510. The van der Waals surface area contributed by atoms with Gasteiger partial charge in [0.05, 0.1) is 12.8 Å². The number of nitrogens with zero attached hydrogens (tertiary/aromatic N) is 5. The molecule has 0 aliphatic carbocycles. The van der Waals surface area contributed by atoms with Crippen molar-refractivity contribution in [2.45, 2.75) is 12.6 Å². The molecule has 0 radical (unpaired) electrons. The molecule has 0 amide bonds. The van der Waals surface area contributed by atoms with Gasteiger partial charge in [0.1, 0.15) is 30.0 Å². The van der Waals surface area contributed by atoms with Gasteiger partial charge in [0.2, 0.25) is 5.95 Å². The van der Waals surface area contributed by atoms with Crippen LogP contribution in [-0.2, 0) is 20.6 Å². The number of aryl methyl sites for hydroxylation is 1. The number of benzene rings is 2. The lowest BCUT2D eigenvalue weighted by molar-refractivity contribution is 0.0938. The largest absolute Gasteiger partial charge is 0.508 e. The number of para-hydroxylation sites is 1. The van der Waals surface area contributed by atoms with E-state index in [0.717, 1.165) is 4.57 Å². The summed E-state index contributed by atoms with van der Waals surface area (Å²) >= 11 is 0. The van der Waals surface area contributed by atoms with Crippen LogP contribution >= 0.6 is 0 Å². The van der Waals surface area contributed by atoms with Gasteiger partial charge in [-0.2, -0.15) is 10.1 Å². The highest BCUT2D eigenvalue weighted by atomic mass is 16.5. The van der Waals surface area contributed by atoms with E-state index in [-0.39, 0.29) is 41.8 Å². The van der Waals surface area contributed by atoms with Gasteiger partial charge in [-0.05, 0) is 24.3 Å². The van der Waals surface area contributed by atoms with Crippen LogP contribution in [0.25, 0.3) is 11.2 Å². The Balaban J connectivity index is 1.67. The van der Waals surface area contributed by atoms with Crippen LogP contribution in [0.3, 0.4) is 0 Å². The molecule has 4 N–H and O–H groups in total. The minimum atomic E-state index is -1.03. The van der Waals surface area contributed by atoms with Gasteiger partial charge in [0, 0.05) is 25.7 Å². The number of hydrazone groups is 1. The summed E-state index contributed by atoms with van der Waals surface area (Å²) in [4.78, 5) is 29.6. The van der Waals surface area contributed by atoms with E-state index in [1.807, 2.05) is 6.07 Å². The lowest BCUT2D eigenvalue weighted by Gasteiger charge is -2.15. The van der Waals surface area contributed by atoms with Crippen LogP contribution in [0.1, 0.15) is 5.56 Å². The number of hydrogen-bond acceptors (Lipinski definition) is 9. The second-order valence-electron chi connectivity index (χ2n) is 7.81. The van der Waals surface area contributed by atoms with Crippen molar-refractivity contribution in [2.24, 2.45) is 19.2 Å². The van der Waals surface area contributed by atoms with Gasteiger partial charge in [-0.25, -0.2) is 10.2 Å². The molecule has 12 heteroatoms. The van der Waals surface area contributed by atoms with Crippen molar-refractivity contribution >= 4 is 23.3 Å². The van der Waals surface area contributed by atoms with Crippen LogP contribution in [0.2, 0.25) is 0 Å². The first-order valence-electron chi connectivity index (χ1n) is 10.6. The Hall–Kier alpha value is -4.58. The number of aromatic hydroxyl groups is 2. The first kappa shape index (κ1) is 23.6. The molecule has 0 bridgehead atoms. The third kappa shape index (κ3) is 4.87. The molecule has 1 unspecified atom stereocenters. The maximum atomic E-state index is 12.9. The Morgan fingerprint density at radius 3 is 2.57 bits per heavy atom. The molecular formula is C23H24N6O6. The van der Waals surface area contributed by atoms with Gasteiger partial charge in [-0.3, -0.25) is 13.9 Å². The summed E-state index contributed by atoms with van der Waals surface area (Å²) in [5, 5.41) is 34.1. The molecule has 1 atom stereocenters. The Morgan fingerprint density at radius 2 is 1.86 bits per heavy atom. The van der Waals surface area contributed by atoms with Crippen molar-refractivity contribution in [1.29, 1.82) is 0 Å². The molecule has 2 aromatic heterocycles. The molecular weight excluding hydrogens is 456 g/mol. The number of phenols is 2. The number of rotatable bonds is 8. The summed E-state index contributed by atoms with van der Waals surface area (Å²) in [5.74, 6) is 0.384. The quantitative estimate of drug-likeness (QED) is 0.212. The monoisotopic (exact) mass is 480 g/mol. The summed E-state index contributed by atoms with van der Waals surface area (Å²) in [6.45, 7) is -0.140. The normalized spacial score (nSPS) is 12.3. The fourth-order valence-corrected chi connectivity index (χ4v) is 3.48. The van der Waals surface area contributed by atoms with E-state index in [1.165, 1.54) is 47.6 Å². The first-order valence-corrected chi connectivity index (χ1v) is 10.6. The first-order chi connectivity index (χ1) is 16.8. The standard InChI is InChI=1S/C23H24N6O6/c1-27-20-19(21(33)28(2)23(27)34)29(12-16(31)13-35-17-6-4-3-5-7-17)22(25-20)26-24-11-14-8-9-15(30)10-18(14)32/h3-11,16,30-32H,12-13H2,1-2H3,(H,25,26)/b24-11+. The Labute approximate surface area is 198 Å². The van der Waals surface area contributed by atoms with Gasteiger partial charge in [0.15, 0.2) is 11.2 Å². The number of ether oxygens (including phenoxy) is 1. The SMILES string of the molecule is Cn1c(=O)c2c(nc(N/N=C/c3ccc(O)cc3O)n2CC(O)COc2ccccc2)n(C)c1=O. The zero-order valence-corrected chi connectivity index (χ0v) is 19.0. The maximum absolute atomic E-state index is 12.9. The van der Waals surface area contributed by atoms with Crippen molar-refractivity contribution < 1.29 is 20.1 Å². The smallest absolute Gasteiger partial charge is 0.332 e. The summed E-state index contributed by atoms with van der Waals surface area (Å²) in [7, 11) is 2.84. The second-order valence-corrected chi connectivity index (χ2v) is 7.81. The second kappa shape index (κ2) is 9.73. The van der Waals surface area contributed by atoms with Crippen molar-refractivity contribution in [3.8, 4) is 17.2 Å². The van der Waals surface area contributed by atoms with E-state index < -0.39 is 17.4 Å². The molecule has 0 saturated heterocycles. The third-order valence-electron chi connectivity index (χ3n) is 5.31. The van der Waals surface area contributed by atoms with E-state index in [4.69, 9.17) is 4.74 Å².